The van der Waals surface area contributed by atoms with Gasteiger partial charge in [0.2, 0.25) is 0 Å². The molecule has 0 spiro atoms. The van der Waals surface area contributed by atoms with Gasteiger partial charge in [-0.1, -0.05) is 24.8 Å². The first-order valence-electron chi connectivity index (χ1n) is 8.87. The van der Waals surface area contributed by atoms with Crippen molar-refractivity contribution < 1.29 is 4.74 Å². The van der Waals surface area contributed by atoms with Crippen molar-refractivity contribution in [3.8, 4) is 5.88 Å². The molecule has 2 aliphatic carbocycles. The number of aromatic nitrogens is 3. The highest BCUT2D eigenvalue weighted by atomic mass is 32.2. The van der Waals surface area contributed by atoms with Crippen molar-refractivity contribution in [1.82, 2.24) is 13.7 Å². The van der Waals surface area contributed by atoms with Crippen molar-refractivity contribution in [2.24, 2.45) is 17.8 Å². The van der Waals surface area contributed by atoms with Crippen molar-refractivity contribution in [3.63, 3.8) is 0 Å². The molecule has 2 heterocycles. The second-order valence-corrected chi connectivity index (χ2v) is 8.44. The Kier molecular flexibility index (Phi) is 5.03. The molecule has 4 nitrogen and oxygen atoms in total. The average Bonchev–Trinajstić information content (AvgIpc) is 3.30. The van der Waals surface area contributed by atoms with E-state index in [1.54, 1.807) is 11.8 Å². The third-order valence-corrected chi connectivity index (χ3v) is 7.07. The average molecular weight is 362 g/mol. The molecule has 2 fully saturated rings. The number of fused-ring (bicyclic) bond motifs is 2. The molecule has 2 bridgehead atoms. The van der Waals surface area contributed by atoms with Gasteiger partial charge < -0.3 is 4.74 Å². The van der Waals surface area contributed by atoms with E-state index in [1.807, 2.05) is 12.3 Å². The molecule has 4 atom stereocenters. The Morgan fingerprint density at radius 1 is 1.29 bits per heavy atom. The summed E-state index contributed by atoms with van der Waals surface area (Å²) in [6, 6.07) is 6.22. The van der Waals surface area contributed by atoms with Crippen LogP contribution in [-0.2, 0) is 6.42 Å². The van der Waals surface area contributed by atoms with Crippen LogP contribution in [0.2, 0.25) is 0 Å². The molecule has 2 saturated carbocycles. The number of ether oxygens (including phenoxy) is 1. The molecule has 0 N–H and O–H groups in total. The molecule has 2 aromatic heterocycles. The fraction of sp³-hybridized carbons (Fsp3) is 0.611. The highest BCUT2D eigenvalue weighted by Gasteiger charge is 2.49. The van der Waals surface area contributed by atoms with Crippen molar-refractivity contribution in [2.75, 3.05) is 5.75 Å². The van der Waals surface area contributed by atoms with Crippen molar-refractivity contribution in [1.29, 1.82) is 0 Å². The smallest absolute Gasteiger partial charge is 0.260 e. The Morgan fingerprint density at radius 2 is 2.25 bits per heavy atom. The molecular weight excluding hydrogens is 338 g/mol. The molecule has 4 unspecified atom stereocenters. The van der Waals surface area contributed by atoms with Crippen LogP contribution in [0.1, 0.15) is 38.3 Å². The predicted molar refractivity (Wildman–Crippen MR) is 97.6 cm³/mol. The first kappa shape index (κ1) is 16.3. The third-order valence-electron chi connectivity index (χ3n) is 5.29. The van der Waals surface area contributed by atoms with Gasteiger partial charge in [-0.05, 0) is 67.7 Å². The molecule has 0 saturated heterocycles. The zero-order valence-corrected chi connectivity index (χ0v) is 15.6. The Balaban J connectivity index is 1.43. The first-order valence-corrected chi connectivity index (χ1v) is 10.6. The molecule has 0 aromatic carbocycles. The summed E-state index contributed by atoms with van der Waals surface area (Å²) in [4.78, 5) is 4.51. The summed E-state index contributed by atoms with van der Waals surface area (Å²) >= 11 is 3.04. The summed E-state index contributed by atoms with van der Waals surface area (Å²) in [6.45, 7) is 2.19. The van der Waals surface area contributed by atoms with Gasteiger partial charge in [0, 0.05) is 11.9 Å². The number of hydrogen-bond donors (Lipinski definition) is 0. The van der Waals surface area contributed by atoms with Gasteiger partial charge in [0.1, 0.15) is 6.10 Å². The highest BCUT2D eigenvalue weighted by Crippen LogP contribution is 2.51. The molecule has 4 rings (SSSR count). The van der Waals surface area contributed by atoms with Crippen molar-refractivity contribution in [2.45, 2.75) is 50.2 Å². The summed E-state index contributed by atoms with van der Waals surface area (Å²) in [6.07, 6.45) is 8.28. The Bertz CT molecular complexity index is 663. The van der Waals surface area contributed by atoms with Crippen molar-refractivity contribution in [3.05, 3.63) is 30.1 Å². The number of nitrogens with zero attached hydrogens (tertiary/aromatic N) is 3. The zero-order valence-electron chi connectivity index (χ0n) is 13.9. The summed E-state index contributed by atoms with van der Waals surface area (Å²) in [5.74, 6) is 3.86. The molecule has 24 heavy (non-hydrogen) atoms. The predicted octanol–water partition coefficient (Wildman–Crippen LogP) is 4.47. The first-order chi connectivity index (χ1) is 11.8. The van der Waals surface area contributed by atoms with Gasteiger partial charge in [-0.3, -0.25) is 4.98 Å². The lowest BCUT2D eigenvalue weighted by atomic mass is 9.85. The summed E-state index contributed by atoms with van der Waals surface area (Å²) in [7, 11) is 0. The van der Waals surface area contributed by atoms with Gasteiger partial charge in [0.15, 0.2) is 5.03 Å². The Hall–Kier alpha value is -1.14. The van der Waals surface area contributed by atoms with E-state index in [-0.39, 0.29) is 0 Å². The summed E-state index contributed by atoms with van der Waals surface area (Å²) in [5.41, 5.74) is 1.21. The van der Waals surface area contributed by atoms with Crippen LogP contribution in [0.4, 0.5) is 0 Å². The molecule has 128 valence electrons. The number of rotatable bonds is 7. The molecule has 0 aliphatic heterocycles. The van der Waals surface area contributed by atoms with Crippen LogP contribution < -0.4 is 4.74 Å². The van der Waals surface area contributed by atoms with E-state index in [0.717, 1.165) is 29.5 Å². The molecule has 0 amide bonds. The van der Waals surface area contributed by atoms with E-state index in [0.29, 0.717) is 23.9 Å². The van der Waals surface area contributed by atoms with Crippen LogP contribution >= 0.6 is 23.5 Å². The Labute approximate surface area is 151 Å². The minimum Gasteiger partial charge on any atom is -0.471 e. The lowest BCUT2D eigenvalue weighted by Gasteiger charge is -2.21. The van der Waals surface area contributed by atoms with Crippen LogP contribution in [0.15, 0.2) is 29.4 Å². The maximum absolute atomic E-state index is 6.39. The molecule has 6 heteroatoms. The molecule has 2 aromatic rings. The van der Waals surface area contributed by atoms with Crippen LogP contribution in [0.3, 0.4) is 0 Å². The minimum atomic E-state index is 0.323. The topological polar surface area (TPSA) is 47.9 Å². The number of hydrogen-bond acceptors (Lipinski definition) is 6. The van der Waals surface area contributed by atoms with Crippen molar-refractivity contribution >= 4 is 23.5 Å². The van der Waals surface area contributed by atoms with Crippen LogP contribution in [0.5, 0.6) is 5.88 Å². The van der Waals surface area contributed by atoms with Gasteiger partial charge >= 0.3 is 0 Å². The lowest BCUT2D eigenvalue weighted by Crippen LogP contribution is -2.24. The Morgan fingerprint density at radius 3 is 3.08 bits per heavy atom. The molecular formula is C18H23N3OS2. The van der Waals surface area contributed by atoms with E-state index in [4.69, 9.17) is 4.74 Å². The minimum absolute atomic E-state index is 0.323. The maximum Gasteiger partial charge on any atom is 0.260 e. The van der Waals surface area contributed by atoms with E-state index in [2.05, 4.69) is 32.8 Å². The lowest BCUT2D eigenvalue weighted by molar-refractivity contribution is 0.136. The fourth-order valence-corrected chi connectivity index (χ4v) is 5.65. The van der Waals surface area contributed by atoms with Gasteiger partial charge in [-0.15, -0.1) is 4.37 Å². The van der Waals surface area contributed by atoms with E-state index >= 15 is 0 Å². The summed E-state index contributed by atoms with van der Waals surface area (Å²) in [5, 5.41) is 0.981. The third kappa shape index (κ3) is 3.31. The largest absolute Gasteiger partial charge is 0.471 e. The van der Waals surface area contributed by atoms with E-state index in [9.17, 15) is 0 Å². The van der Waals surface area contributed by atoms with Gasteiger partial charge in [-0.2, -0.15) is 4.37 Å². The molecule has 0 radical (unpaired) electrons. The van der Waals surface area contributed by atoms with Gasteiger partial charge in [0.05, 0.1) is 11.7 Å². The van der Waals surface area contributed by atoms with Crippen LogP contribution in [-0.4, -0.2) is 25.6 Å². The van der Waals surface area contributed by atoms with Gasteiger partial charge in [-0.25, -0.2) is 0 Å². The number of thioether (sulfide) groups is 1. The van der Waals surface area contributed by atoms with Crippen LogP contribution in [0.25, 0.3) is 0 Å². The highest BCUT2D eigenvalue weighted by molar-refractivity contribution is 7.99. The van der Waals surface area contributed by atoms with Gasteiger partial charge in [0.25, 0.3) is 5.88 Å². The van der Waals surface area contributed by atoms with Crippen LogP contribution in [0, 0.1) is 17.8 Å². The molecule has 2 aliphatic rings. The normalized spacial score (nSPS) is 28.4. The standard InChI is InChI=1S/C18H23N3OS2/c1-2-9-23-18-17(20-24-21-18)22-16-12-6-7-15(16)13(10-12)11-14-5-3-4-8-19-14/h3-5,8,12-13,15-16H,2,6-7,9-11H2,1H3. The SMILES string of the molecule is CCCSc1nsnc1OC1C2CCC1C(Cc1ccccn1)C2. The summed E-state index contributed by atoms with van der Waals surface area (Å²) < 4.78 is 15.2. The fourth-order valence-electron chi connectivity index (χ4n) is 4.27. The zero-order chi connectivity index (χ0) is 16.4. The van der Waals surface area contributed by atoms with E-state index < -0.39 is 0 Å². The maximum atomic E-state index is 6.39. The van der Waals surface area contributed by atoms with E-state index in [1.165, 1.54) is 36.7 Å². The monoisotopic (exact) mass is 361 g/mol. The second kappa shape index (κ2) is 7.40. The second-order valence-electron chi connectivity index (χ2n) is 6.83. The quantitative estimate of drug-likeness (QED) is 0.681. The number of pyridine rings is 1.